The number of hydrogen-bond acceptors (Lipinski definition) is 6. The van der Waals surface area contributed by atoms with Crippen LogP contribution in [0, 0.1) is 5.92 Å². The lowest BCUT2D eigenvalue weighted by Crippen LogP contribution is -2.18. The van der Waals surface area contributed by atoms with Crippen LogP contribution in [-0.2, 0) is 16.4 Å². The third kappa shape index (κ3) is 3.79. The summed E-state index contributed by atoms with van der Waals surface area (Å²) in [4.78, 5) is 13.6. The van der Waals surface area contributed by atoms with Crippen molar-refractivity contribution in [3.8, 4) is 0 Å². The minimum Gasteiger partial charge on any atom is -0.361 e. The molecule has 0 saturated heterocycles. The quantitative estimate of drug-likeness (QED) is 0.626. The van der Waals surface area contributed by atoms with Crippen LogP contribution in [-0.4, -0.2) is 33.7 Å². The normalized spacial score (nSPS) is 23.7. The summed E-state index contributed by atoms with van der Waals surface area (Å²) < 4.78 is 24.7. The Bertz CT molecular complexity index is 1180. The molecule has 5 rings (SSSR count). The number of benzene rings is 1. The van der Waals surface area contributed by atoms with Crippen LogP contribution in [0.25, 0.3) is 11.2 Å². The van der Waals surface area contributed by atoms with Crippen LogP contribution in [0.5, 0.6) is 0 Å². The van der Waals surface area contributed by atoms with Crippen molar-refractivity contribution in [1.82, 2.24) is 19.5 Å². The number of hydrogen-bond donors (Lipinski definition) is 2. The number of nitrogens with two attached hydrogens (primary N) is 1. The maximum Gasteiger partial charge on any atom is 0.209 e. The number of anilines is 1. The average molecular weight is 427 g/mol. The zero-order valence-electron chi connectivity index (χ0n) is 16.7. The van der Waals surface area contributed by atoms with Crippen molar-refractivity contribution in [1.29, 1.82) is 0 Å². The fourth-order valence-corrected chi connectivity index (χ4v) is 5.65. The van der Waals surface area contributed by atoms with E-state index in [0.29, 0.717) is 12.3 Å². The van der Waals surface area contributed by atoms with Gasteiger partial charge in [0.15, 0.2) is 11.5 Å². The second kappa shape index (κ2) is 7.63. The Hall–Kier alpha value is -2.52. The molecule has 1 saturated carbocycles. The lowest BCUT2D eigenvalue weighted by molar-refractivity contribution is 0.471. The molecular formula is C21H26N6O2S. The molecule has 2 aliphatic carbocycles. The molecule has 0 radical (unpaired) electrons. The van der Waals surface area contributed by atoms with Crippen molar-refractivity contribution in [2.45, 2.75) is 50.6 Å². The Morgan fingerprint density at radius 2 is 2.00 bits per heavy atom. The van der Waals surface area contributed by atoms with Crippen molar-refractivity contribution < 1.29 is 8.42 Å². The van der Waals surface area contributed by atoms with Crippen LogP contribution in [0.1, 0.15) is 55.3 Å². The molecule has 0 bridgehead atoms. The first kappa shape index (κ1) is 19.4. The second-order valence-electron chi connectivity index (χ2n) is 8.47. The van der Waals surface area contributed by atoms with Gasteiger partial charge in [-0.15, -0.1) is 0 Å². The molecule has 0 amide bonds. The van der Waals surface area contributed by atoms with Crippen LogP contribution in [0.4, 0.5) is 5.82 Å². The summed E-state index contributed by atoms with van der Waals surface area (Å²) in [5.74, 6) is 1.18. The van der Waals surface area contributed by atoms with E-state index in [1.807, 2.05) is 6.33 Å². The molecule has 0 spiro atoms. The van der Waals surface area contributed by atoms with Crippen LogP contribution < -0.4 is 10.5 Å². The largest absolute Gasteiger partial charge is 0.361 e. The van der Waals surface area contributed by atoms with E-state index in [9.17, 15) is 8.42 Å². The topological polar surface area (TPSA) is 116 Å². The zero-order chi connectivity index (χ0) is 20.7. The number of rotatable bonds is 6. The number of imidazole rings is 1. The average Bonchev–Trinajstić information content (AvgIpc) is 3.44. The number of primary sulfonamides is 1. The molecule has 3 aromatic rings. The summed E-state index contributed by atoms with van der Waals surface area (Å²) in [6.07, 6.45) is 9.07. The van der Waals surface area contributed by atoms with Gasteiger partial charge in [0.2, 0.25) is 10.0 Å². The zero-order valence-corrected chi connectivity index (χ0v) is 17.6. The Morgan fingerprint density at radius 3 is 2.87 bits per heavy atom. The molecule has 3 atom stereocenters. The molecule has 2 aromatic heterocycles. The fraction of sp³-hybridized carbons (Fsp3) is 0.476. The monoisotopic (exact) mass is 426 g/mol. The smallest absolute Gasteiger partial charge is 0.209 e. The molecule has 9 heteroatoms. The Kier molecular flexibility index (Phi) is 4.94. The predicted octanol–water partition coefficient (Wildman–Crippen LogP) is 2.95. The number of fused-ring (bicyclic) bond motifs is 2. The molecule has 1 aromatic carbocycles. The standard InChI is InChI=1S/C21H26N6O2S/c22-30(28,29)10-9-14-5-7-16(11-14)27-13-25-19-20(23-12-24-21(19)27)26-18-8-6-15-3-1-2-4-17(15)18/h1-4,12-14,16,18H,5-11H2,(H2,22,28,29)(H,23,24,26)/t14-,16-,18?/m0/s1. The highest BCUT2D eigenvalue weighted by Crippen LogP contribution is 2.39. The molecule has 0 aliphatic heterocycles. The van der Waals surface area contributed by atoms with Gasteiger partial charge >= 0.3 is 0 Å². The highest BCUT2D eigenvalue weighted by molar-refractivity contribution is 7.89. The summed E-state index contributed by atoms with van der Waals surface area (Å²) >= 11 is 0. The molecule has 1 unspecified atom stereocenters. The maximum absolute atomic E-state index is 11.3. The van der Waals surface area contributed by atoms with Gasteiger partial charge in [-0.05, 0) is 55.6 Å². The van der Waals surface area contributed by atoms with Crippen LogP contribution >= 0.6 is 0 Å². The first-order chi connectivity index (χ1) is 14.5. The minimum atomic E-state index is -3.40. The van der Waals surface area contributed by atoms with Crippen LogP contribution in [0.2, 0.25) is 0 Å². The van der Waals surface area contributed by atoms with Gasteiger partial charge < -0.3 is 9.88 Å². The summed E-state index contributed by atoms with van der Waals surface area (Å²) in [5.41, 5.74) is 4.34. The van der Waals surface area contributed by atoms with Gasteiger partial charge in [0.25, 0.3) is 0 Å². The van der Waals surface area contributed by atoms with Gasteiger partial charge in [-0.2, -0.15) is 0 Å². The van der Waals surface area contributed by atoms with Gasteiger partial charge in [-0.25, -0.2) is 28.5 Å². The second-order valence-corrected chi connectivity index (χ2v) is 10.2. The van der Waals surface area contributed by atoms with E-state index < -0.39 is 10.0 Å². The number of sulfonamides is 1. The number of aromatic nitrogens is 4. The van der Waals surface area contributed by atoms with Crippen LogP contribution in [0.15, 0.2) is 36.9 Å². The third-order valence-corrected chi connectivity index (χ3v) is 7.32. The summed E-state index contributed by atoms with van der Waals surface area (Å²) in [6, 6.07) is 9.04. The third-order valence-electron chi connectivity index (χ3n) is 6.52. The van der Waals surface area contributed by atoms with E-state index in [2.05, 4.69) is 49.1 Å². The van der Waals surface area contributed by atoms with E-state index >= 15 is 0 Å². The van der Waals surface area contributed by atoms with Gasteiger partial charge in [0.1, 0.15) is 11.8 Å². The molecule has 1 fully saturated rings. The number of nitrogens with one attached hydrogen (secondary N) is 1. The Morgan fingerprint density at radius 1 is 1.13 bits per heavy atom. The van der Waals surface area contributed by atoms with E-state index in [4.69, 9.17) is 5.14 Å². The van der Waals surface area contributed by atoms with Gasteiger partial charge in [-0.3, -0.25) is 0 Å². The fourth-order valence-electron chi connectivity index (χ4n) is 4.99. The van der Waals surface area contributed by atoms with E-state index in [1.165, 1.54) is 11.1 Å². The van der Waals surface area contributed by atoms with Crippen molar-refractivity contribution >= 4 is 27.0 Å². The SMILES string of the molecule is NS(=O)(=O)CC[C@@H]1CC[C@H](n2cnc3c(NC4CCc5ccccc54)ncnc32)C1. The molecule has 8 nitrogen and oxygen atoms in total. The van der Waals surface area contributed by atoms with Crippen LogP contribution in [0.3, 0.4) is 0 Å². The molecule has 3 N–H and O–H groups in total. The first-order valence-electron chi connectivity index (χ1n) is 10.5. The molecule has 2 heterocycles. The van der Waals surface area contributed by atoms with Crippen molar-refractivity contribution in [2.75, 3.05) is 11.1 Å². The number of nitrogens with zero attached hydrogens (tertiary/aromatic N) is 4. The van der Waals surface area contributed by atoms with E-state index in [1.54, 1.807) is 6.33 Å². The van der Waals surface area contributed by atoms with Gasteiger partial charge in [0, 0.05) is 6.04 Å². The predicted molar refractivity (Wildman–Crippen MR) is 115 cm³/mol. The van der Waals surface area contributed by atoms with Gasteiger partial charge in [0.05, 0.1) is 18.1 Å². The Balaban J connectivity index is 1.35. The highest BCUT2D eigenvalue weighted by atomic mass is 32.2. The van der Waals surface area contributed by atoms with E-state index in [0.717, 1.165) is 49.1 Å². The summed E-state index contributed by atoms with van der Waals surface area (Å²) in [5, 5.41) is 8.75. The maximum atomic E-state index is 11.3. The molecule has 30 heavy (non-hydrogen) atoms. The highest BCUT2D eigenvalue weighted by Gasteiger charge is 2.29. The Labute approximate surface area is 176 Å². The van der Waals surface area contributed by atoms with Crippen molar-refractivity contribution in [2.24, 2.45) is 11.1 Å². The van der Waals surface area contributed by atoms with Crippen molar-refractivity contribution in [3.05, 3.63) is 48.0 Å². The summed E-state index contributed by atoms with van der Waals surface area (Å²) in [6.45, 7) is 0. The first-order valence-corrected chi connectivity index (χ1v) is 12.2. The lowest BCUT2D eigenvalue weighted by atomic mass is 10.1. The van der Waals surface area contributed by atoms with Gasteiger partial charge in [-0.1, -0.05) is 24.3 Å². The molecular weight excluding hydrogens is 400 g/mol. The minimum absolute atomic E-state index is 0.0498. The number of aryl methyl sites for hydroxylation is 1. The molecule has 158 valence electrons. The van der Waals surface area contributed by atoms with E-state index in [-0.39, 0.29) is 17.8 Å². The summed E-state index contributed by atoms with van der Waals surface area (Å²) in [7, 11) is -3.40. The lowest BCUT2D eigenvalue weighted by Gasteiger charge is -2.16. The van der Waals surface area contributed by atoms with Crippen molar-refractivity contribution in [3.63, 3.8) is 0 Å². The molecule has 2 aliphatic rings.